The van der Waals surface area contributed by atoms with E-state index in [1.54, 1.807) is 0 Å². The van der Waals surface area contributed by atoms with Crippen molar-refractivity contribution in [2.45, 2.75) is 583 Å². The fourth-order valence-corrected chi connectivity index (χ4v) is 11.8. The Kier molecular flexibility index (Phi) is 235. The molecule has 0 aliphatic carbocycles. The predicted octanol–water partition coefficient (Wildman–Crippen LogP) is 36.0. The summed E-state index contributed by atoms with van der Waals surface area (Å²) in [6, 6.07) is 0. The molecule has 0 aromatic carbocycles. The predicted molar refractivity (Wildman–Crippen MR) is 577 cm³/mol. The Hall–Kier alpha value is -0.360. The van der Waals surface area contributed by atoms with Crippen LogP contribution in [0, 0.1) is 0 Å². The second kappa shape index (κ2) is 183. The molecule has 0 aliphatic rings. The van der Waals surface area contributed by atoms with E-state index in [1.807, 2.05) is 0 Å². The van der Waals surface area contributed by atoms with Crippen molar-refractivity contribution in [1.29, 1.82) is 0 Å². The fourth-order valence-electron chi connectivity index (χ4n) is 11.8. The normalized spacial score (nSPS) is 10.0. The average Bonchev–Trinajstić information content (AvgIpc) is 1.07. The lowest BCUT2D eigenvalue weighted by Gasteiger charge is -2.17. The SMILES string of the molecule is CCCCC.CCCCCC.CCCCCCC.CCCCCCCC.CCCCCCCCC.CCCCCCCCCC.CCCCCCN(CC)CC.CCCCCN(CC)CC.CCCCCNCC.CCCCCNCCC.CCCCN(CC)CC.CCCN(CC)CC.CCCNCC.CCCNCCC.CCN(CC)CC. The third-order valence-electron chi connectivity index (χ3n) is 20.8. The smallest absolute Gasteiger partial charge is 0.00190 e. The first kappa shape index (κ1) is 154. The van der Waals surface area contributed by atoms with E-state index in [-0.39, 0.29) is 0 Å². The lowest BCUT2D eigenvalue weighted by atomic mass is 10.1. The highest BCUT2D eigenvalue weighted by Gasteiger charge is 2.00. The van der Waals surface area contributed by atoms with Crippen molar-refractivity contribution < 1.29 is 0 Å². The van der Waals surface area contributed by atoms with E-state index in [0.29, 0.717) is 0 Å². The summed E-state index contributed by atoms with van der Waals surface area (Å²) in [6.45, 7) is 105. The number of nitrogens with zero attached hydrogens (tertiary/aromatic N) is 5. The van der Waals surface area contributed by atoms with Crippen LogP contribution in [0.15, 0.2) is 0 Å². The minimum Gasteiger partial charge on any atom is -0.317 e. The van der Waals surface area contributed by atoms with Crippen LogP contribution >= 0.6 is 0 Å². The summed E-state index contributed by atoms with van der Waals surface area (Å²) in [5.41, 5.74) is 0. The highest BCUT2D eigenvalue weighted by molar-refractivity contribution is 4.55. The molecule has 9 heteroatoms. The van der Waals surface area contributed by atoms with Crippen molar-refractivity contribution in [1.82, 2.24) is 45.8 Å². The van der Waals surface area contributed by atoms with Gasteiger partial charge in [0.25, 0.3) is 0 Å². The van der Waals surface area contributed by atoms with Crippen LogP contribution in [-0.2, 0) is 0 Å². The zero-order valence-electron chi connectivity index (χ0n) is 93.0. The standard InChI is InChI=1S/C10H23N.C10H22.C9H21N.C9H20.2C8H19N.C8H18.2C7H17N.C7H16.2C6H15N.C6H14.C5H13N.C5H12/c1-4-7-8-9-10-11(5-2)6-3;1-3-5-7-9-10-8-6-4-2;1-4-7-8-9-10(5-2)6-3;1-3-5-7-9-8-6-4-2;1-4-7-8-9(5-2)6-3;1-3-5-6-8-9-7-4-2;1-3-5-7-8-6-4-2;1-4-7-8(5-2)6-3;1-3-5-6-7-8-4-2;1-3-5-7-6-4-2;1-4-7(5-2)6-3;1-3-5-7-6-4-2;2*1-3-5-6-4-2;1-3-5-4-2/h4-10H2,1-3H3;3-10H2,1-2H3;4-9H2,1-3H3;3-9H2,1-2H3;4-8H2,1-3H3;9H,3-8H2,1-2H3;3-8H2,1-2H3;4-7H2,1-3H3;8H,3-7H2,1-2H3;3-7H2,1-2H3;4-6H2,1-3H3;7H,3-6H2,1-2H3;3-6H2,1-2H3;6H,3-5H2,1-2H3;3-5H2,1-2H3. The molecule has 0 saturated heterocycles. The van der Waals surface area contributed by atoms with Crippen molar-refractivity contribution in [2.75, 3.05) is 151 Å². The highest BCUT2D eigenvalue weighted by atomic mass is 15.1. The Morgan fingerprint density at radius 1 is 0.108 bits per heavy atom. The monoisotopic (exact) mass is 1720 g/mol. The second-order valence-electron chi connectivity index (χ2n) is 32.9. The zero-order valence-corrected chi connectivity index (χ0v) is 93.0. The van der Waals surface area contributed by atoms with E-state index in [1.165, 1.54) is 471 Å². The molecule has 0 aromatic heterocycles. The Labute approximate surface area is 774 Å². The summed E-state index contributed by atoms with van der Waals surface area (Å²) in [5, 5.41) is 13.1. The molecule has 0 unspecified atom stereocenters. The largest absolute Gasteiger partial charge is 0.317 e. The van der Waals surface area contributed by atoms with Crippen LogP contribution in [0.5, 0.6) is 0 Å². The van der Waals surface area contributed by atoms with Crippen LogP contribution in [0.2, 0.25) is 0 Å². The first-order valence-corrected chi connectivity index (χ1v) is 55.8. The Morgan fingerprint density at radius 3 is 0.458 bits per heavy atom. The first-order chi connectivity index (χ1) is 58.4. The molecular weight excluding hydrogens is 1460 g/mol. The molecule has 0 aliphatic heterocycles. The minimum absolute atomic E-state index is 1.10. The van der Waals surface area contributed by atoms with Gasteiger partial charge in [-0.1, -0.05) is 518 Å². The van der Waals surface area contributed by atoms with Gasteiger partial charge in [0, 0.05) is 0 Å². The summed E-state index contributed by atoms with van der Waals surface area (Å²) >= 11 is 0. The van der Waals surface area contributed by atoms with Gasteiger partial charge in [-0.15, -0.1) is 0 Å². The molecule has 120 heavy (non-hydrogen) atoms. The molecule has 0 rings (SSSR count). The minimum atomic E-state index is 1.10. The topological polar surface area (TPSA) is 64.3 Å². The molecule has 0 fully saturated rings. The number of rotatable bonds is 70. The van der Waals surface area contributed by atoms with E-state index < -0.39 is 0 Å². The summed E-state index contributed by atoms with van der Waals surface area (Å²) in [4.78, 5) is 12.2. The van der Waals surface area contributed by atoms with Gasteiger partial charge in [-0.2, -0.15) is 0 Å². The molecule has 0 atom stereocenters. The Balaban J connectivity index is -0.0000000760. The van der Waals surface area contributed by atoms with Gasteiger partial charge in [0.2, 0.25) is 0 Å². The number of unbranched alkanes of at least 4 members (excludes halogenated alkanes) is 37. The summed E-state index contributed by atoms with van der Waals surface area (Å²) in [6.07, 6.45) is 73.2. The first-order valence-electron chi connectivity index (χ1n) is 55.8. The van der Waals surface area contributed by atoms with Crippen molar-refractivity contribution in [3.05, 3.63) is 0 Å². The van der Waals surface area contributed by atoms with Crippen molar-refractivity contribution in [3.8, 4) is 0 Å². The van der Waals surface area contributed by atoms with Crippen LogP contribution in [0.4, 0.5) is 0 Å². The summed E-state index contributed by atoms with van der Waals surface area (Å²) in [7, 11) is 0. The van der Waals surface area contributed by atoms with Crippen molar-refractivity contribution in [2.24, 2.45) is 0 Å². The van der Waals surface area contributed by atoms with E-state index in [4.69, 9.17) is 0 Å². The van der Waals surface area contributed by atoms with Crippen LogP contribution in [0.1, 0.15) is 583 Å². The molecule has 0 saturated carbocycles. The lowest BCUT2D eigenvalue weighted by molar-refractivity contribution is 0.295. The van der Waals surface area contributed by atoms with Crippen LogP contribution in [0.3, 0.4) is 0 Å². The van der Waals surface area contributed by atoms with Crippen LogP contribution < -0.4 is 21.3 Å². The molecule has 0 spiro atoms. The van der Waals surface area contributed by atoms with E-state index in [2.05, 4.69) is 288 Å². The third-order valence-corrected chi connectivity index (χ3v) is 20.8. The number of hydrogen-bond acceptors (Lipinski definition) is 9. The Morgan fingerprint density at radius 2 is 0.267 bits per heavy atom. The molecule has 0 aromatic rings. The van der Waals surface area contributed by atoms with Gasteiger partial charge in [-0.05, 0) is 215 Å². The summed E-state index contributed by atoms with van der Waals surface area (Å²) in [5.74, 6) is 0. The maximum atomic E-state index is 3.37. The average molecular weight is 1720 g/mol. The van der Waals surface area contributed by atoms with Gasteiger partial charge >= 0.3 is 0 Å². The molecule has 750 valence electrons. The van der Waals surface area contributed by atoms with Crippen LogP contribution in [-0.4, -0.2) is 175 Å². The third kappa shape index (κ3) is 223. The van der Waals surface area contributed by atoms with E-state index in [9.17, 15) is 0 Å². The molecule has 0 radical (unpaired) electrons. The van der Waals surface area contributed by atoms with Gasteiger partial charge in [0.1, 0.15) is 0 Å². The van der Waals surface area contributed by atoms with E-state index >= 15 is 0 Å². The van der Waals surface area contributed by atoms with Gasteiger partial charge in [0.05, 0.1) is 0 Å². The lowest BCUT2D eigenvalue weighted by Crippen LogP contribution is -2.23. The second-order valence-corrected chi connectivity index (χ2v) is 32.9. The zero-order chi connectivity index (χ0) is 94.5. The number of hydrogen-bond donors (Lipinski definition) is 4. The maximum Gasteiger partial charge on any atom is -0.00190 e. The van der Waals surface area contributed by atoms with Gasteiger partial charge in [0.15, 0.2) is 0 Å². The van der Waals surface area contributed by atoms with Crippen molar-refractivity contribution >= 4 is 0 Å². The molecule has 0 bridgehead atoms. The molecule has 0 heterocycles. The van der Waals surface area contributed by atoms with E-state index in [0.717, 1.165) is 19.6 Å². The maximum absolute atomic E-state index is 3.37. The van der Waals surface area contributed by atoms with Crippen LogP contribution in [0.25, 0.3) is 0 Å². The van der Waals surface area contributed by atoms with Gasteiger partial charge in [-0.25, -0.2) is 0 Å². The molecule has 4 N–H and O–H groups in total. The summed E-state index contributed by atoms with van der Waals surface area (Å²) < 4.78 is 0. The van der Waals surface area contributed by atoms with Gasteiger partial charge < -0.3 is 45.8 Å². The molecule has 9 nitrogen and oxygen atoms in total. The Bertz CT molecular complexity index is 1170. The molecule has 0 amide bonds. The van der Waals surface area contributed by atoms with Crippen molar-refractivity contribution in [3.63, 3.8) is 0 Å². The highest BCUT2D eigenvalue weighted by Crippen LogP contribution is 2.09. The number of nitrogens with one attached hydrogen (secondary N) is 4. The van der Waals surface area contributed by atoms with Gasteiger partial charge in [-0.3, -0.25) is 0 Å². The molecular formula is C111H261N9. The fraction of sp³-hybridized carbons (Fsp3) is 1.00. The quantitative estimate of drug-likeness (QED) is 0.0446.